The van der Waals surface area contributed by atoms with Crippen molar-refractivity contribution in [2.75, 3.05) is 18.3 Å². The van der Waals surface area contributed by atoms with Gasteiger partial charge in [0.15, 0.2) is 16.0 Å². The topological polar surface area (TPSA) is 262 Å². The molecule has 0 aliphatic carbocycles. The maximum Gasteiger partial charge on any atom is 0.470 e. The van der Waals surface area contributed by atoms with Gasteiger partial charge in [0.25, 0.3) is 0 Å². The van der Waals surface area contributed by atoms with E-state index in [2.05, 4.69) is 40.6 Å². The lowest BCUT2D eigenvalue weighted by Gasteiger charge is -2.10. The summed E-state index contributed by atoms with van der Waals surface area (Å²) < 4.78 is 167. The number of nitrogens with zero attached hydrogens (tertiary/aromatic N) is 6. The van der Waals surface area contributed by atoms with Crippen molar-refractivity contribution >= 4 is 114 Å². The molecule has 0 spiro atoms. The van der Waals surface area contributed by atoms with Gasteiger partial charge < -0.3 is 15.9 Å². The van der Waals surface area contributed by atoms with Crippen LogP contribution in [0.15, 0.2) is 53.7 Å². The van der Waals surface area contributed by atoms with Crippen molar-refractivity contribution in [2.45, 2.75) is 23.8 Å². The number of hydrazine groups is 1. The molecule has 4 aromatic heterocycles. The predicted molar refractivity (Wildman–Crippen MR) is 199 cm³/mol. The zero-order valence-electron chi connectivity index (χ0n) is 29.0. The number of ether oxygens (including phenoxy) is 1. The maximum absolute atomic E-state index is 12.2. The van der Waals surface area contributed by atoms with Crippen molar-refractivity contribution < 1.29 is 80.0 Å². The average Bonchev–Trinajstić information content (AvgIpc) is 3.11. The fraction of sp³-hybridized carbons (Fsp3) is 0.192. The van der Waals surface area contributed by atoms with Crippen LogP contribution < -0.4 is 17.0 Å². The lowest BCUT2D eigenvalue weighted by Crippen LogP contribution is -2.36. The Balaban J connectivity index is 0. The largest absolute Gasteiger partial charge is 0.470 e. The van der Waals surface area contributed by atoms with Gasteiger partial charge in [-0.1, -0.05) is 50.3 Å². The molecule has 17 nitrogen and oxygen atoms in total. The number of carbonyl (C=O) groups is 1. The van der Waals surface area contributed by atoms with Gasteiger partial charge in [0.1, 0.15) is 0 Å². The van der Waals surface area contributed by atoms with Crippen molar-refractivity contribution in [2.24, 2.45) is 5.84 Å². The number of alkyl halides is 11. The van der Waals surface area contributed by atoms with Gasteiger partial charge in [0.2, 0.25) is 5.69 Å². The molecule has 0 fully saturated rings. The van der Waals surface area contributed by atoms with Crippen molar-refractivity contribution in [1.29, 1.82) is 0 Å². The van der Waals surface area contributed by atoms with Crippen LogP contribution in [0.4, 0.5) is 74.9 Å². The molecule has 0 bridgehead atoms. The molecule has 346 valence electrons. The average molecular weight is 1100 g/mol. The molecule has 4 rings (SSSR count). The summed E-state index contributed by atoms with van der Waals surface area (Å²) in [5.74, 6) is 2.42. The number of carbonyl (C=O) groups excluding carboxylic acids is 1. The number of nitro groups is 2. The van der Waals surface area contributed by atoms with Gasteiger partial charge in [-0.3, -0.25) is 26.1 Å². The summed E-state index contributed by atoms with van der Waals surface area (Å²) in [6.45, 7) is 0. The van der Waals surface area contributed by atoms with Crippen LogP contribution >= 0.6 is 74.7 Å². The number of hydrogen-bond acceptors (Lipinski definition) is 15. The van der Waals surface area contributed by atoms with E-state index in [1.54, 1.807) is 0 Å². The van der Waals surface area contributed by atoms with Gasteiger partial charge in [-0.05, 0) is 28.1 Å². The first-order valence-electron chi connectivity index (χ1n) is 13.9. The van der Waals surface area contributed by atoms with Gasteiger partial charge in [-0.2, -0.15) is 56.7 Å². The van der Waals surface area contributed by atoms with E-state index in [9.17, 15) is 85.6 Å². The zero-order valence-corrected chi connectivity index (χ0v) is 35.2. The van der Waals surface area contributed by atoms with Gasteiger partial charge in [-0.25, -0.2) is 24.7 Å². The van der Waals surface area contributed by atoms with E-state index in [-0.39, 0.29) is 48.5 Å². The molecule has 62 heavy (non-hydrogen) atoms. The summed E-state index contributed by atoms with van der Waals surface area (Å²) in [6, 6.07) is 3.91. The molecule has 0 saturated heterocycles. The third-order valence-electron chi connectivity index (χ3n) is 5.44. The number of halogens is 18. The van der Waals surface area contributed by atoms with Crippen LogP contribution in [0.25, 0.3) is 0 Å². The van der Waals surface area contributed by atoms with E-state index in [0.717, 1.165) is 24.5 Å². The first-order chi connectivity index (χ1) is 27.5. The monoisotopic (exact) mass is 1100 g/mol. The summed E-state index contributed by atoms with van der Waals surface area (Å²) in [4.78, 5) is 41.3. The molecule has 4 heterocycles. The Morgan fingerprint density at radius 2 is 1.06 bits per heavy atom. The van der Waals surface area contributed by atoms with Crippen LogP contribution in [-0.2, 0) is 38.3 Å². The first-order valence-corrected chi connectivity index (χ1v) is 17.6. The highest BCUT2D eigenvalue weighted by atomic mass is 79.9. The van der Waals surface area contributed by atoms with Crippen LogP contribution in [0.5, 0.6) is 0 Å². The molecule has 0 aliphatic rings. The molecular formula is C26H17BrCl5F12N9O8S. The highest BCUT2D eigenvalue weighted by Gasteiger charge is 2.55. The fourth-order valence-corrected chi connectivity index (χ4v) is 4.28. The van der Waals surface area contributed by atoms with Crippen molar-refractivity contribution in [3.05, 3.63) is 111 Å². The van der Waals surface area contributed by atoms with Gasteiger partial charge >= 0.3 is 51.4 Å². The van der Waals surface area contributed by atoms with Crippen LogP contribution in [0, 0.1) is 20.2 Å². The number of aromatic nitrogens is 4. The molecule has 0 amide bonds. The molecule has 0 unspecified atom stereocenters. The highest BCUT2D eigenvalue weighted by molar-refractivity contribution is 9.10. The van der Waals surface area contributed by atoms with Crippen LogP contribution in [0.3, 0.4) is 0 Å². The van der Waals surface area contributed by atoms with Crippen molar-refractivity contribution in [1.82, 2.24) is 19.9 Å². The molecule has 5 N–H and O–H groups in total. The molecule has 36 heteroatoms. The Bertz CT molecular complexity index is 2310. The number of nitrogens with two attached hydrogens (primary N) is 2. The standard InChI is InChI=1S/C6H5ClF3N3.C6H2ClF3N2O2.C6H4ClF3N2.C5H2BrClN2O2.C3H3F3O4S.ClH/c7-3-1-4(13-11)5(12-2-3)6(8,9)10;7-3-1-4(12(13)14)5(11-2-3)6(8,9)10;7-3-1-4(11)5(12-2-3)6(8,9)10;6-5-4(9(10)11)1-3(7)2-8-5;1-10-2(7)3(4,5)11(6,8)9;/h1-2,13H,11H2;1-2H;1-2H,11H2;1-2H;1H3;1H. The third-order valence-corrected chi connectivity index (χ3v) is 7.66. The smallest absolute Gasteiger partial charge is 0.464 e. The minimum Gasteiger partial charge on any atom is -0.464 e. The predicted octanol–water partition coefficient (Wildman–Crippen LogP) is 9.92. The Labute approximate surface area is 371 Å². The molecule has 4 aromatic rings. The van der Waals surface area contributed by atoms with Gasteiger partial charge in [0, 0.05) is 36.9 Å². The number of hydrogen-bond donors (Lipinski definition) is 3. The highest BCUT2D eigenvalue weighted by Crippen LogP contribution is 2.36. The van der Waals surface area contributed by atoms with Crippen LogP contribution in [-0.4, -0.2) is 56.5 Å². The van der Waals surface area contributed by atoms with E-state index in [1.165, 1.54) is 12.3 Å². The van der Waals surface area contributed by atoms with E-state index < -0.39 is 78.3 Å². The molecular weight excluding hydrogens is 1080 g/mol. The summed E-state index contributed by atoms with van der Waals surface area (Å²) in [7, 11) is -5.71. The second-order valence-corrected chi connectivity index (χ2v) is 13.6. The van der Waals surface area contributed by atoms with Crippen molar-refractivity contribution in [3.63, 3.8) is 0 Å². The number of methoxy groups -OCH3 is 1. The summed E-state index contributed by atoms with van der Waals surface area (Å²) >= 11 is 24.4. The van der Waals surface area contributed by atoms with Crippen LogP contribution in [0.1, 0.15) is 17.1 Å². The number of nitrogen functional groups attached to an aromatic ring is 2. The quantitative estimate of drug-likeness (QED) is 0.0319. The number of anilines is 2. The van der Waals surface area contributed by atoms with E-state index in [0.29, 0.717) is 19.4 Å². The first kappa shape index (κ1) is 59.6. The summed E-state index contributed by atoms with van der Waals surface area (Å²) in [6.07, 6.45) is -10.1. The number of nitrogens with one attached hydrogen (secondary N) is 1. The van der Waals surface area contributed by atoms with Gasteiger partial charge in [0.05, 0.1) is 48.4 Å². The lowest BCUT2D eigenvalue weighted by molar-refractivity contribution is -0.388. The lowest BCUT2D eigenvalue weighted by atomic mass is 10.3. The molecule has 0 saturated carbocycles. The zero-order chi connectivity index (χ0) is 48.1. The maximum atomic E-state index is 12.2. The third kappa shape index (κ3) is 19.2. The molecule has 0 radical (unpaired) electrons. The summed E-state index contributed by atoms with van der Waals surface area (Å²) in [5.41, 5.74) is 1.09. The number of pyridine rings is 4. The Kier molecular flexibility index (Phi) is 23.4. The SMILES string of the molecule is COC(=O)C(F)(F)S(=O)(=O)F.Cl.NNc1cc(Cl)cnc1C(F)(F)F.Nc1cc(Cl)cnc1C(F)(F)F.O=[N+]([O-])c1cc(Cl)cnc1Br.O=[N+]([O-])c1cc(Cl)cnc1C(F)(F)F. The Hall–Kier alpha value is -4.53. The Morgan fingerprint density at radius 1 is 0.710 bits per heavy atom. The second kappa shape index (κ2) is 24.4. The van der Waals surface area contributed by atoms with E-state index in [4.69, 9.17) is 58.0 Å². The fourth-order valence-electron chi connectivity index (χ4n) is 3.01. The molecule has 0 atom stereocenters. The van der Waals surface area contributed by atoms with Crippen LogP contribution in [0.2, 0.25) is 20.1 Å². The minimum atomic E-state index is -6.22. The normalized spacial score (nSPS) is 11.2. The number of esters is 1. The summed E-state index contributed by atoms with van der Waals surface area (Å²) in [5, 5.41) is 15.6. The second-order valence-electron chi connectivity index (χ2n) is 9.72. The van der Waals surface area contributed by atoms with E-state index in [1.807, 2.05) is 5.43 Å². The van der Waals surface area contributed by atoms with Gasteiger partial charge in [-0.15, -0.1) is 12.4 Å². The Morgan fingerprint density at radius 3 is 1.39 bits per heavy atom. The van der Waals surface area contributed by atoms with Crippen molar-refractivity contribution in [3.8, 4) is 0 Å². The minimum absolute atomic E-state index is 0. The number of rotatable bonds is 5. The molecule has 0 aliphatic heterocycles. The van der Waals surface area contributed by atoms with E-state index >= 15 is 0 Å². The molecule has 0 aromatic carbocycles.